The molecule has 0 saturated heterocycles. The van der Waals surface area contributed by atoms with Gasteiger partial charge in [0.1, 0.15) is 4.75 Å². The van der Waals surface area contributed by atoms with Gasteiger partial charge in [-0.05, 0) is 25.3 Å². The second-order valence-corrected chi connectivity index (χ2v) is 4.76. The lowest BCUT2D eigenvalue weighted by atomic mass is 9.84. The van der Waals surface area contributed by atoms with E-state index in [0.717, 1.165) is 24.2 Å². The molecule has 1 saturated carbocycles. The van der Waals surface area contributed by atoms with Crippen LogP contribution in [0.2, 0.25) is 0 Å². The minimum absolute atomic E-state index is 0.539. The highest BCUT2D eigenvalue weighted by molar-refractivity contribution is 8.01. The second-order valence-electron chi connectivity index (χ2n) is 3.30. The minimum Gasteiger partial charge on any atom is -0.480 e. The summed E-state index contributed by atoms with van der Waals surface area (Å²) in [7, 11) is 0. The van der Waals surface area contributed by atoms with Crippen molar-refractivity contribution in [1.29, 1.82) is 0 Å². The van der Waals surface area contributed by atoms with Gasteiger partial charge in [0.05, 0.1) is 0 Å². The highest BCUT2D eigenvalue weighted by atomic mass is 32.2. The average Bonchev–Trinajstić information content (AvgIpc) is 2.47. The first kappa shape index (κ1) is 8.69. The Labute approximate surface area is 80.5 Å². The van der Waals surface area contributed by atoms with Crippen LogP contribution < -0.4 is 0 Å². The van der Waals surface area contributed by atoms with Gasteiger partial charge in [-0.3, -0.25) is 4.79 Å². The molecule has 13 heavy (non-hydrogen) atoms. The number of H-pyrrole nitrogens is 1. The number of thioether (sulfide) groups is 1. The van der Waals surface area contributed by atoms with Crippen molar-refractivity contribution in [3.8, 4) is 0 Å². The molecule has 2 N–H and O–H groups in total. The molecular formula is C9H11NO2S. The average molecular weight is 197 g/mol. The van der Waals surface area contributed by atoms with Gasteiger partial charge in [0.25, 0.3) is 0 Å². The molecule has 0 unspecified atom stereocenters. The summed E-state index contributed by atoms with van der Waals surface area (Å²) >= 11 is 1.46. The summed E-state index contributed by atoms with van der Waals surface area (Å²) in [6.07, 6.45) is 6.27. The Morgan fingerprint density at radius 1 is 1.62 bits per heavy atom. The number of carbonyl (C=O) groups is 1. The molecule has 70 valence electrons. The number of hydrogen-bond acceptors (Lipinski definition) is 2. The van der Waals surface area contributed by atoms with Crippen molar-refractivity contribution in [1.82, 2.24) is 4.98 Å². The highest BCUT2D eigenvalue weighted by Crippen LogP contribution is 2.47. The molecule has 1 aliphatic carbocycles. The number of aliphatic carboxylic acids is 1. The summed E-state index contributed by atoms with van der Waals surface area (Å²) in [6, 6.07) is 1.91. The molecule has 1 aromatic rings. The van der Waals surface area contributed by atoms with Gasteiger partial charge in [-0.25, -0.2) is 0 Å². The Morgan fingerprint density at radius 3 is 2.77 bits per heavy atom. The van der Waals surface area contributed by atoms with Crippen molar-refractivity contribution in [2.45, 2.75) is 28.9 Å². The molecule has 0 aliphatic heterocycles. The summed E-state index contributed by atoms with van der Waals surface area (Å²) < 4.78 is -0.539. The molecular weight excluding hydrogens is 186 g/mol. The quantitative estimate of drug-likeness (QED) is 0.780. The third kappa shape index (κ3) is 1.46. The number of rotatable bonds is 3. The first-order valence-electron chi connectivity index (χ1n) is 4.28. The third-order valence-electron chi connectivity index (χ3n) is 2.43. The standard InChI is InChI=1S/C9H11NO2S/c11-8(12)9(3-1-4-9)13-7-2-5-10-6-7/h2,5-6,10H,1,3-4H2,(H,11,12). The predicted octanol–water partition coefficient (Wildman–Crippen LogP) is 2.11. The number of carboxylic acid groups (broad SMARTS) is 1. The van der Waals surface area contributed by atoms with Crippen LogP contribution in [-0.4, -0.2) is 20.8 Å². The Bertz CT molecular complexity index is 303. The molecule has 0 bridgehead atoms. The molecule has 0 amide bonds. The van der Waals surface area contributed by atoms with Crippen LogP contribution in [0.5, 0.6) is 0 Å². The van der Waals surface area contributed by atoms with E-state index in [0.29, 0.717) is 0 Å². The molecule has 0 spiro atoms. The van der Waals surface area contributed by atoms with Gasteiger partial charge in [0.15, 0.2) is 0 Å². The zero-order valence-corrected chi connectivity index (χ0v) is 7.93. The van der Waals surface area contributed by atoms with Crippen LogP contribution in [0.15, 0.2) is 23.4 Å². The Morgan fingerprint density at radius 2 is 2.38 bits per heavy atom. The third-order valence-corrected chi connectivity index (χ3v) is 3.90. The van der Waals surface area contributed by atoms with Gasteiger partial charge in [0.2, 0.25) is 0 Å². The summed E-state index contributed by atoms with van der Waals surface area (Å²) in [5, 5.41) is 9.05. The zero-order chi connectivity index (χ0) is 9.31. The Hall–Kier alpha value is -0.900. The van der Waals surface area contributed by atoms with E-state index in [4.69, 9.17) is 5.11 Å². The molecule has 4 heteroatoms. The van der Waals surface area contributed by atoms with E-state index in [2.05, 4.69) is 4.98 Å². The molecule has 1 aliphatic rings. The maximum atomic E-state index is 11.0. The van der Waals surface area contributed by atoms with Crippen LogP contribution in [0.4, 0.5) is 0 Å². The molecule has 0 aromatic carbocycles. The van der Waals surface area contributed by atoms with Crippen molar-refractivity contribution in [2.24, 2.45) is 0 Å². The number of nitrogens with one attached hydrogen (secondary N) is 1. The molecule has 0 atom stereocenters. The van der Waals surface area contributed by atoms with Crippen molar-refractivity contribution in [2.75, 3.05) is 0 Å². The number of aromatic nitrogens is 1. The van der Waals surface area contributed by atoms with Crippen molar-refractivity contribution >= 4 is 17.7 Å². The van der Waals surface area contributed by atoms with Gasteiger partial charge in [-0.15, -0.1) is 11.8 Å². The molecule has 1 heterocycles. The van der Waals surface area contributed by atoms with Crippen molar-refractivity contribution in [3.63, 3.8) is 0 Å². The van der Waals surface area contributed by atoms with Crippen LogP contribution in [-0.2, 0) is 4.79 Å². The van der Waals surface area contributed by atoms with Crippen LogP contribution >= 0.6 is 11.8 Å². The van der Waals surface area contributed by atoms with E-state index >= 15 is 0 Å². The second kappa shape index (κ2) is 3.10. The summed E-state index contributed by atoms with van der Waals surface area (Å²) in [5.74, 6) is -0.676. The Kier molecular flexibility index (Phi) is 2.07. The topological polar surface area (TPSA) is 53.1 Å². The lowest BCUT2D eigenvalue weighted by Gasteiger charge is -2.36. The fraction of sp³-hybridized carbons (Fsp3) is 0.444. The van der Waals surface area contributed by atoms with Gasteiger partial charge in [-0.1, -0.05) is 0 Å². The largest absolute Gasteiger partial charge is 0.480 e. The zero-order valence-electron chi connectivity index (χ0n) is 7.12. The smallest absolute Gasteiger partial charge is 0.320 e. The van der Waals surface area contributed by atoms with Crippen LogP contribution in [0.25, 0.3) is 0 Å². The molecule has 2 rings (SSSR count). The first-order valence-corrected chi connectivity index (χ1v) is 5.10. The maximum Gasteiger partial charge on any atom is 0.320 e. The number of carboxylic acids is 1. The Balaban J connectivity index is 2.11. The fourth-order valence-corrected chi connectivity index (χ4v) is 2.75. The van der Waals surface area contributed by atoms with Gasteiger partial charge < -0.3 is 10.1 Å². The van der Waals surface area contributed by atoms with E-state index in [1.807, 2.05) is 18.5 Å². The molecule has 1 aromatic heterocycles. The number of hydrogen-bond donors (Lipinski definition) is 2. The predicted molar refractivity (Wildman–Crippen MR) is 50.9 cm³/mol. The molecule has 0 radical (unpaired) electrons. The first-order chi connectivity index (χ1) is 6.23. The monoisotopic (exact) mass is 197 g/mol. The van der Waals surface area contributed by atoms with E-state index in [9.17, 15) is 4.79 Å². The maximum absolute atomic E-state index is 11.0. The summed E-state index contributed by atoms with van der Waals surface area (Å²) in [4.78, 5) is 14.9. The van der Waals surface area contributed by atoms with Crippen molar-refractivity contribution in [3.05, 3.63) is 18.5 Å². The van der Waals surface area contributed by atoms with Gasteiger partial charge in [0, 0.05) is 17.3 Å². The van der Waals surface area contributed by atoms with Gasteiger partial charge >= 0.3 is 5.97 Å². The van der Waals surface area contributed by atoms with Crippen molar-refractivity contribution < 1.29 is 9.90 Å². The van der Waals surface area contributed by atoms with E-state index < -0.39 is 10.7 Å². The molecule has 3 nitrogen and oxygen atoms in total. The SMILES string of the molecule is O=C(O)C1(Sc2cc[nH]c2)CCC1. The summed E-state index contributed by atoms with van der Waals surface area (Å²) in [6.45, 7) is 0. The minimum atomic E-state index is -0.676. The molecule has 1 fully saturated rings. The van der Waals surface area contributed by atoms with Crippen LogP contribution in [0.3, 0.4) is 0 Å². The number of aromatic amines is 1. The summed E-state index contributed by atoms with van der Waals surface area (Å²) in [5.41, 5.74) is 0. The lowest BCUT2D eigenvalue weighted by Crippen LogP contribution is -2.41. The normalized spacial score (nSPS) is 19.4. The van der Waals surface area contributed by atoms with Crippen LogP contribution in [0, 0.1) is 0 Å². The van der Waals surface area contributed by atoms with E-state index in [1.165, 1.54) is 11.8 Å². The van der Waals surface area contributed by atoms with E-state index in [-0.39, 0.29) is 0 Å². The van der Waals surface area contributed by atoms with Crippen LogP contribution in [0.1, 0.15) is 19.3 Å². The highest BCUT2D eigenvalue weighted by Gasteiger charge is 2.45. The van der Waals surface area contributed by atoms with E-state index in [1.54, 1.807) is 0 Å². The lowest BCUT2D eigenvalue weighted by molar-refractivity contribution is -0.142. The van der Waals surface area contributed by atoms with Gasteiger partial charge in [-0.2, -0.15) is 0 Å². The fourth-order valence-electron chi connectivity index (χ4n) is 1.46.